The number of aliphatic imine (C=N–C) groups is 1. The van der Waals surface area contributed by atoms with E-state index in [4.69, 9.17) is 16.6 Å². The molecule has 0 unspecified atom stereocenters. The summed E-state index contributed by atoms with van der Waals surface area (Å²) in [5.74, 6) is 0.550. The third-order valence-electron chi connectivity index (χ3n) is 3.50. The smallest absolute Gasteiger partial charge is 0.241 e. The lowest BCUT2D eigenvalue weighted by Crippen LogP contribution is -2.42. The summed E-state index contributed by atoms with van der Waals surface area (Å²) in [6, 6.07) is 7.66. The standard InChI is InChI=1S/C17H22ClN5OS.HI/c1-11-16(12-5-7-13(18)8-6-12)22-14(25-11)9-20-17(19-2)21-10-15(24)23(3)4;/h5-8H,9-10H2,1-4H3,(H2,19,20,21);1H. The Hall–Kier alpha value is -1.39. The van der Waals surface area contributed by atoms with Crippen LogP contribution in [0.15, 0.2) is 29.3 Å². The molecule has 0 aliphatic carbocycles. The van der Waals surface area contributed by atoms with Gasteiger partial charge in [-0.1, -0.05) is 23.7 Å². The number of aromatic nitrogens is 1. The lowest BCUT2D eigenvalue weighted by atomic mass is 10.1. The van der Waals surface area contributed by atoms with Crippen molar-refractivity contribution >= 4 is 58.8 Å². The summed E-state index contributed by atoms with van der Waals surface area (Å²) in [4.78, 5) is 23.1. The highest BCUT2D eigenvalue weighted by molar-refractivity contribution is 14.0. The van der Waals surface area contributed by atoms with Crippen LogP contribution in [0.3, 0.4) is 0 Å². The molecule has 1 amide bonds. The Labute approximate surface area is 180 Å². The lowest BCUT2D eigenvalue weighted by molar-refractivity contribution is -0.127. The number of thiazole rings is 1. The summed E-state index contributed by atoms with van der Waals surface area (Å²) in [7, 11) is 5.11. The van der Waals surface area contributed by atoms with Crippen molar-refractivity contribution in [2.75, 3.05) is 27.7 Å². The number of rotatable bonds is 5. The first-order valence-electron chi connectivity index (χ1n) is 7.77. The number of likely N-dealkylation sites (N-methyl/N-ethyl adjacent to an activating group) is 1. The van der Waals surface area contributed by atoms with Gasteiger partial charge in [0, 0.05) is 36.6 Å². The van der Waals surface area contributed by atoms with E-state index < -0.39 is 0 Å². The highest BCUT2D eigenvalue weighted by Gasteiger charge is 2.11. The number of halogens is 2. The number of guanidine groups is 1. The molecule has 26 heavy (non-hydrogen) atoms. The minimum absolute atomic E-state index is 0. The summed E-state index contributed by atoms with van der Waals surface area (Å²) < 4.78 is 0. The molecule has 2 aromatic rings. The van der Waals surface area contributed by atoms with Gasteiger partial charge in [0.25, 0.3) is 0 Å². The molecular weight excluding hydrogens is 485 g/mol. The van der Waals surface area contributed by atoms with Crippen molar-refractivity contribution in [3.8, 4) is 11.3 Å². The average Bonchev–Trinajstić information content (AvgIpc) is 2.96. The average molecular weight is 508 g/mol. The molecule has 0 radical (unpaired) electrons. The van der Waals surface area contributed by atoms with E-state index in [0.717, 1.165) is 21.1 Å². The Kier molecular flexibility index (Phi) is 9.31. The zero-order chi connectivity index (χ0) is 18.4. The van der Waals surface area contributed by atoms with Gasteiger partial charge in [-0.05, 0) is 19.1 Å². The predicted molar refractivity (Wildman–Crippen MR) is 120 cm³/mol. The molecule has 2 N–H and O–H groups in total. The Morgan fingerprint density at radius 2 is 1.92 bits per heavy atom. The van der Waals surface area contributed by atoms with Crippen molar-refractivity contribution in [1.82, 2.24) is 20.5 Å². The van der Waals surface area contributed by atoms with Crippen molar-refractivity contribution in [2.24, 2.45) is 4.99 Å². The van der Waals surface area contributed by atoms with Gasteiger partial charge in [-0.2, -0.15) is 0 Å². The van der Waals surface area contributed by atoms with Gasteiger partial charge in [-0.15, -0.1) is 35.3 Å². The molecular formula is C17H23ClIN5OS. The maximum absolute atomic E-state index is 11.6. The van der Waals surface area contributed by atoms with Crippen molar-refractivity contribution in [3.63, 3.8) is 0 Å². The highest BCUT2D eigenvalue weighted by atomic mass is 127. The van der Waals surface area contributed by atoms with Crippen molar-refractivity contribution in [2.45, 2.75) is 13.5 Å². The first-order valence-corrected chi connectivity index (χ1v) is 8.97. The van der Waals surface area contributed by atoms with Crippen molar-refractivity contribution < 1.29 is 4.79 Å². The van der Waals surface area contributed by atoms with Crippen LogP contribution < -0.4 is 10.6 Å². The van der Waals surface area contributed by atoms with Gasteiger partial charge in [0.2, 0.25) is 5.91 Å². The zero-order valence-corrected chi connectivity index (χ0v) is 19.1. The molecule has 0 atom stereocenters. The van der Waals surface area contributed by atoms with Gasteiger partial charge in [0.15, 0.2) is 5.96 Å². The second-order valence-corrected chi connectivity index (χ2v) is 7.31. The van der Waals surface area contributed by atoms with E-state index in [0.29, 0.717) is 17.5 Å². The SMILES string of the molecule is CN=C(NCC(=O)N(C)C)NCc1nc(-c2ccc(Cl)cc2)c(C)s1.I. The van der Waals surface area contributed by atoms with E-state index in [2.05, 4.69) is 15.6 Å². The maximum atomic E-state index is 11.6. The Morgan fingerprint density at radius 3 is 2.50 bits per heavy atom. The summed E-state index contributed by atoms with van der Waals surface area (Å²) in [6.07, 6.45) is 0. The predicted octanol–water partition coefficient (Wildman–Crippen LogP) is 3.14. The molecule has 1 aromatic heterocycles. The van der Waals surface area contributed by atoms with Crippen LogP contribution in [0.2, 0.25) is 5.02 Å². The molecule has 142 valence electrons. The van der Waals surface area contributed by atoms with Crippen LogP contribution in [-0.4, -0.2) is 49.4 Å². The normalized spacial score (nSPS) is 10.9. The number of benzene rings is 1. The number of carbonyl (C=O) groups is 1. The molecule has 6 nitrogen and oxygen atoms in total. The van der Waals surface area contributed by atoms with E-state index in [-0.39, 0.29) is 36.4 Å². The van der Waals surface area contributed by atoms with E-state index in [9.17, 15) is 4.79 Å². The number of hydrogen-bond acceptors (Lipinski definition) is 4. The van der Waals surface area contributed by atoms with Crippen LogP contribution in [0.1, 0.15) is 9.88 Å². The molecule has 9 heteroatoms. The molecule has 1 aromatic carbocycles. The molecule has 0 spiro atoms. The van der Waals surface area contributed by atoms with Crippen LogP contribution in [0.5, 0.6) is 0 Å². The summed E-state index contributed by atoms with van der Waals surface area (Å²) in [6.45, 7) is 2.78. The number of aryl methyl sites for hydroxylation is 1. The summed E-state index contributed by atoms with van der Waals surface area (Å²) in [5, 5.41) is 7.82. The number of nitrogens with zero attached hydrogens (tertiary/aromatic N) is 3. The van der Waals surface area contributed by atoms with Gasteiger partial charge in [-0.3, -0.25) is 9.79 Å². The number of carbonyl (C=O) groups excluding carboxylic acids is 1. The Morgan fingerprint density at radius 1 is 1.27 bits per heavy atom. The monoisotopic (exact) mass is 507 g/mol. The quantitative estimate of drug-likeness (QED) is 0.371. The van der Waals surface area contributed by atoms with Gasteiger partial charge >= 0.3 is 0 Å². The number of amides is 1. The van der Waals surface area contributed by atoms with Gasteiger partial charge in [0.05, 0.1) is 18.8 Å². The lowest BCUT2D eigenvalue weighted by Gasteiger charge is -2.13. The molecule has 0 fully saturated rings. The van der Waals surface area contributed by atoms with Crippen LogP contribution >= 0.6 is 46.9 Å². The van der Waals surface area contributed by atoms with E-state index in [1.807, 2.05) is 31.2 Å². The molecule has 0 saturated heterocycles. The zero-order valence-electron chi connectivity index (χ0n) is 15.2. The summed E-state index contributed by atoms with van der Waals surface area (Å²) in [5.41, 5.74) is 2.01. The second kappa shape index (κ2) is 10.7. The Bertz CT molecular complexity index is 761. The van der Waals surface area contributed by atoms with Crippen LogP contribution in [0, 0.1) is 6.92 Å². The molecule has 0 bridgehead atoms. The third kappa shape index (κ3) is 6.40. The summed E-state index contributed by atoms with van der Waals surface area (Å²) >= 11 is 7.57. The largest absolute Gasteiger partial charge is 0.350 e. The first kappa shape index (κ1) is 22.7. The molecule has 0 aliphatic rings. The minimum atomic E-state index is -0.0157. The van der Waals surface area contributed by atoms with Gasteiger partial charge < -0.3 is 15.5 Å². The molecule has 0 aliphatic heterocycles. The minimum Gasteiger partial charge on any atom is -0.350 e. The topological polar surface area (TPSA) is 69.6 Å². The molecule has 0 saturated carbocycles. The maximum Gasteiger partial charge on any atom is 0.241 e. The second-order valence-electron chi connectivity index (χ2n) is 5.59. The Balaban J connectivity index is 0.00000338. The van der Waals surface area contributed by atoms with Crippen LogP contribution in [0.4, 0.5) is 0 Å². The fourth-order valence-electron chi connectivity index (χ4n) is 2.10. The first-order chi connectivity index (χ1) is 11.9. The van der Waals surface area contributed by atoms with Crippen molar-refractivity contribution in [1.29, 1.82) is 0 Å². The molecule has 2 rings (SSSR count). The van der Waals surface area contributed by atoms with Crippen molar-refractivity contribution in [3.05, 3.63) is 39.2 Å². The fraction of sp³-hybridized carbons (Fsp3) is 0.353. The number of hydrogen-bond donors (Lipinski definition) is 2. The van der Waals surface area contributed by atoms with E-state index in [1.165, 1.54) is 4.90 Å². The number of nitrogens with one attached hydrogen (secondary N) is 2. The van der Waals surface area contributed by atoms with Crippen LogP contribution in [0.25, 0.3) is 11.3 Å². The third-order valence-corrected chi connectivity index (χ3v) is 4.72. The van der Waals surface area contributed by atoms with Gasteiger partial charge in [-0.25, -0.2) is 4.98 Å². The fourth-order valence-corrected chi connectivity index (χ4v) is 3.12. The van der Waals surface area contributed by atoms with Gasteiger partial charge in [0.1, 0.15) is 5.01 Å². The van der Waals surface area contributed by atoms with Crippen LogP contribution in [-0.2, 0) is 11.3 Å². The van der Waals surface area contributed by atoms with E-state index >= 15 is 0 Å². The molecule has 1 heterocycles. The van der Waals surface area contributed by atoms with E-state index in [1.54, 1.807) is 32.5 Å². The highest BCUT2D eigenvalue weighted by Crippen LogP contribution is 2.28.